The topological polar surface area (TPSA) is 70.7 Å². The number of carbonyl (C=O) groups is 2. The van der Waals surface area contributed by atoms with E-state index in [1.54, 1.807) is 13.8 Å². The van der Waals surface area contributed by atoms with Crippen LogP contribution in [0.3, 0.4) is 0 Å². The zero-order valence-corrected chi connectivity index (χ0v) is 21.5. The van der Waals surface area contributed by atoms with Gasteiger partial charge in [0.1, 0.15) is 5.00 Å². The molecule has 0 bridgehead atoms. The first-order valence-corrected chi connectivity index (χ1v) is 13.0. The lowest BCUT2D eigenvalue weighted by atomic mass is 10.0. The number of fused-ring (bicyclic) bond motifs is 1. The summed E-state index contributed by atoms with van der Waals surface area (Å²) in [6.45, 7) is 6.76. The summed E-state index contributed by atoms with van der Waals surface area (Å²) in [6, 6.07) is 17.4. The number of ether oxygens (including phenoxy) is 1. The Morgan fingerprint density at radius 2 is 1.89 bits per heavy atom. The Hall–Kier alpha value is -2.71. The summed E-state index contributed by atoms with van der Waals surface area (Å²) in [7, 11) is 0. The van der Waals surface area contributed by atoms with Crippen molar-refractivity contribution >= 4 is 39.8 Å². The third-order valence-electron chi connectivity index (χ3n) is 6.05. The van der Waals surface area contributed by atoms with E-state index >= 15 is 0 Å². The standard InChI is InChI=1S/C27H30ClN3O3S/c1-3-34-27(33)24-21-13-14-31(16-19-9-5-4-6-10-19)17-23(21)35-26(24)30-25(32)18(2)29-15-20-11-7-8-12-22(20)28/h4-12,18,29H,3,13-17H2,1-2H3,(H,30,32). The first-order valence-electron chi connectivity index (χ1n) is 11.8. The maximum absolute atomic E-state index is 13.0. The van der Waals surface area contributed by atoms with E-state index in [2.05, 4.69) is 27.7 Å². The highest BCUT2D eigenvalue weighted by molar-refractivity contribution is 7.17. The molecule has 0 aliphatic carbocycles. The second kappa shape index (κ2) is 11.8. The molecule has 8 heteroatoms. The van der Waals surface area contributed by atoms with Gasteiger partial charge in [-0.2, -0.15) is 0 Å². The van der Waals surface area contributed by atoms with Crippen molar-refractivity contribution in [1.82, 2.24) is 10.2 Å². The summed E-state index contributed by atoms with van der Waals surface area (Å²) in [6.07, 6.45) is 0.739. The summed E-state index contributed by atoms with van der Waals surface area (Å²) >= 11 is 7.70. The molecule has 1 atom stereocenters. The van der Waals surface area contributed by atoms with Crippen LogP contribution in [0.5, 0.6) is 0 Å². The minimum absolute atomic E-state index is 0.206. The van der Waals surface area contributed by atoms with Gasteiger partial charge in [0.05, 0.1) is 18.2 Å². The van der Waals surface area contributed by atoms with E-state index in [0.717, 1.165) is 42.1 Å². The van der Waals surface area contributed by atoms with Crippen LogP contribution in [0.1, 0.15) is 45.8 Å². The van der Waals surface area contributed by atoms with Gasteiger partial charge in [-0.05, 0) is 43.0 Å². The number of hydrogen-bond acceptors (Lipinski definition) is 6. The third-order valence-corrected chi connectivity index (χ3v) is 7.55. The zero-order chi connectivity index (χ0) is 24.8. The summed E-state index contributed by atoms with van der Waals surface area (Å²) in [5.74, 6) is -0.587. The highest BCUT2D eigenvalue weighted by Crippen LogP contribution is 2.38. The first-order chi connectivity index (χ1) is 17.0. The van der Waals surface area contributed by atoms with Crippen molar-refractivity contribution in [2.24, 2.45) is 0 Å². The SMILES string of the molecule is CCOC(=O)c1c(NC(=O)C(C)NCc2ccccc2Cl)sc2c1CCN(Cc1ccccc1)C2. The van der Waals surface area contributed by atoms with E-state index in [4.69, 9.17) is 16.3 Å². The van der Waals surface area contributed by atoms with Crippen molar-refractivity contribution in [2.75, 3.05) is 18.5 Å². The highest BCUT2D eigenvalue weighted by Gasteiger charge is 2.30. The minimum Gasteiger partial charge on any atom is -0.462 e. The Kier molecular flexibility index (Phi) is 8.57. The van der Waals surface area contributed by atoms with Gasteiger partial charge in [0.15, 0.2) is 0 Å². The maximum atomic E-state index is 13.0. The van der Waals surface area contributed by atoms with Crippen LogP contribution < -0.4 is 10.6 Å². The predicted octanol–water partition coefficient (Wildman–Crippen LogP) is 5.25. The van der Waals surface area contributed by atoms with Crippen LogP contribution in [-0.2, 0) is 35.6 Å². The highest BCUT2D eigenvalue weighted by atomic mass is 35.5. The van der Waals surface area contributed by atoms with Crippen molar-refractivity contribution in [3.63, 3.8) is 0 Å². The zero-order valence-electron chi connectivity index (χ0n) is 20.0. The average molecular weight is 512 g/mol. The molecule has 2 heterocycles. The fraction of sp³-hybridized carbons (Fsp3) is 0.333. The van der Waals surface area contributed by atoms with E-state index in [9.17, 15) is 9.59 Å². The molecule has 3 aromatic rings. The lowest BCUT2D eigenvalue weighted by Crippen LogP contribution is -2.37. The fourth-order valence-electron chi connectivity index (χ4n) is 4.16. The van der Waals surface area contributed by atoms with E-state index in [-0.39, 0.29) is 18.5 Å². The minimum atomic E-state index is -0.477. The van der Waals surface area contributed by atoms with Gasteiger partial charge < -0.3 is 15.4 Å². The number of carbonyl (C=O) groups excluding carboxylic acids is 2. The number of nitrogens with zero attached hydrogens (tertiary/aromatic N) is 1. The number of amides is 1. The molecule has 184 valence electrons. The largest absolute Gasteiger partial charge is 0.462 e. The van der Waals surface area contributed by atoms with Gasteiger partial charge >= 0.3 is 5.97 Å². The first kappa shape index (κ1) is 25.4. The van der Waals surface area contributed by atoms with Crippen LogP contribution in [0.15, 0.2) is 54.6 Å². The number of esters is 1. The van der Waals surface area contributed by atoms with E-state index in [1.165, 1.54) is 16.9 Å². The molecule has 0 saturated carbocycles. The molecule has 4 rings (SSSR count). The Morgan fingerprint density at radius 3 is 2.63 bits per heavy atom. The van der Waals surface area contributed by atoms with Gasteiger partial charge in [0.2, 0.25) is 5.91 Å². The average Bonchev–Trinajstić information content (AvgIpc) is 3.21. The van der Waals surface area contributed by atoms with Crippen LogP contribution >= 0.6 is 22.9 Å². The lowest BCUT2D eigenvalue weighted by Gasteiger charge is -2.27. The van der Waals surface area contributed by atoms with E-state index in [1.807, 2.05) is 42.5 Å². The molecular weight excluding hydrogens is 482 g/mol. The second-order valence-electron chi connectivity index (χ2n) is 8.56. The van der Waals surface area contributed by atoms with Crippen molar-refractivity contribution in [3.05, 3.63) is 86.8 Å². The molecule has 0 spiro atoms. The molecule has 1 amide bonds. The van der Waals surface area contributed by atoms with Crippen LogP contribution in [-0.4, -0.2) is 36.0 Å². The molecule has 1 aliphatic heterocycles. The van der Waals surface area contributed by atoms with Gasteiger partial charge in [0, 0.05) is 36.1 Å². The molecule has 35 heavy (non-hydrogen) atoms. The van der Waals surface area contributed by atoms with Crippen molar-refractivity contribution in [3.8, 4) is 0 Å². The van der Waals surface area contributed by atoms with Crippen LogP contribution in [0.25, 0.3) is 0 Å². The Balaban J connectivity index is 1.48. The number of benzene rings is 2. The van der Waals surface area contributed by atoms with Crippen LogP contribution in [0.2, 0.25) is 5.02 Å². The molecule has 0 fully saturated rings. The number of rotatable bonds is 9. The summed E-state index contributed by atoms with van der Waals surface area (Å²) in [5, 5.41) is 7.42. The normalized spacial score (nSPS) is 14.3. The molecule has 0 saturated heterocycles. The quantitative estimate of drug-likeness (QED) is 0.384. The van der Waals surface area contributed by atoms with Gasteiger partial charge in [-0.15, -0.1) is 11.3 Å². The maximum Gasteiger partial charge on any atom is 0.341 e. The Morgan fingerprint density at radius 1 is 1.14 bits per heavy atom. The van der Waals surface area contributed by atoms with Crippen molar-refractivity contribution < 1.29 is 14.3 Å². The fourth-order valence-corrected chi connectivity index (χ4v) is 5.64. The lowest BCUT2D eigenvalue weighted by molar-refractivity contribution is -0.117. The number of halogens is 1. The smallest absolute Gasteiger partial charge is 0.341 e. The molecule has 0 radical (unpaired) electrons. The van der Waals surface area contributed by atoms with Crippen LogP contribution in [0, 0.1) is 0 Å². The molecule has 6 nitrogen and oxygen atoms in total. The van der Waals surface area contributed by atoms with Gasteiger partial charge in [-0.3, -0.25) is 9.69 Å². The number of thiophene rings is 1. The summed E-state index contributed by atoms with van der Waals surface area (Å²) < 4.78 is 5.35. The third kappa shape index (κ3) is 6.30. The monoisotopic (exact) mass is 511 g/mol. The summed E-state index contributed by atoms with van der Waals surface area (Å²) in [5.41, 5.74) is 3.67. The van der Waals surface area contributed by atoms with Crippen molar-refractivity contribution in [1.29, 1.82) is 0 Å². The van der Waals surface area contributed by atoms with Gasteiger partial charge in [-0.25, -0.2) is 4.79 Å². The molecule has 2 aromatic carbocycles. The van der Waals surface area contributed by atoms with E-state index in [0.29, 0.717) is 22.1 Å². The molecule has 1 aromatic heterocycles. The number of nitrogens with one attached hydrogen (secondary N) is 2. The molecular formula is C27H30ClN3O3S. The predicted molar refractivity (Wildman–Crippen MR) is 141 cm³/mol. The number of anilines is 1. The van der Waals surface area contributed by atoms with Crippen LogP contribution in [0.4, 0.5) is 5.00 Å². The van der Waals surface area contributed by atoms with E-state index < -0.39 is 6.04 Å². The molecule has 1 unspecified atom stereocenters. The van der Waals surface area contributed by atoms with Gasteiger partial charge in [0.25, 0.3) is 0 Å². The second-order valence-corrected chi connectivity index (χ2v) is 10.1. The van der Waals surface area contributed by atoms with Crippen molar-refractivity contribution in [2.45, 2.75) is 45.9 Å². The molecule has 2 N–H and O–H groups in total. The summed E-state index contributed by atoms with van der Waals surface area (Å²) in [4.78, 5) is 29.3. The Labute approximate surface area is 215 Å². The Bertz CT molecular complexity index is 1180. The van der Waals surface area contributed by atoms with Gasteiger partial charge in [-0.1, -0.05) is 60.1 Å². The number of hydrogen-bond donors (Lipinski definition) is 2. The molecule has 1 aliphatic rings.